The summed E-state index contributed by atoms with van der Waals surface area (Å²) >= 11 is 0. The van der Waals surface area contributed by atoms with Crippen molar-refractivity contribution in [2.24, 2.45) is 90.7 Å². The Hall–Kier alpha value is -0.280. The van der Waals surface area contributed by atoms with Crippen LogP contribution in [0, 0.1) is 90.7 Å². The highest BCUT2D eigenvalue weighted by Gasteiger charge is 2.49. The first-order valence-corrected chi connectivity index (χ1v) is 44.0. The fourth-order valence-electron chi connectivity index (χ4n) is 21.2. The fourth-order valence-corrected chi connectivity index (χ4v) is 21.2. The lowest BCUT2D eigenvalue weighted by Crippen LogP contribution is -2.64. The van der Waals surface area contributed by atoms with Gasteiger partial charge in [-0.05, 0) is 366 Å². The Labute approximate surface area is 646 Å². The maximum absolute atomic E-state index is 2.72. The van der Waals surface area contributed by atoms with Crippen molar-refractivity contribution < 1.29 is 0 Å². The van der Waals surface area contributed by atoms with Crippen LogP contribution < -0.4 is 0 Å². The van der Waals surface area contributed by atoms with Gasteiger partial charge >= 0.3 is 0 Å². The molecule has 7 nitrogen and oxygen atoms in total. The van der Waals surface area contributed by atoms with E-state index in [0.717, 1.165) is 89.6 Å². The van der Waals surface area contributed by atoms with Crippen LogP contribution in [0.4, 0.5) is 0 Å². The third kappa shape index (κ3) is 31.5. The molecule has 7 rings (SSSR count). The topological polar surface area (TPSA) is 22.7 Å². The Morgan fingerprint density at radius 2 is 0.657 bits per heavy atom. The predicted molar refractivity (Wildman–Crippen MR) is 463 cm³/mol. The van der Waals surface area contributed by atoms with Crippen molar-refractivity contribution in [2.45, 2.75) is 473 Å². The molecule has 7 heteroatoms. The van der Waals surface area contributed by atoms with Crippen LogP contribution >= 0.6 is 0 Å². The van der Waals surface area contributed by atoms with E-state index >= 15 is 0 Å². The molecule has 612 valence electrons. The Bertz CT molecular complexity index is 2210. The van der Waals surface area contributed by atoms with Crippen molar-refractivity contribution in [3.8, 4) is 0 Å². The van der Waals surface area contributed by atoms with Crippen molar-refractivity contribution in [2.75, 3.05) is 52.4 Å². The van der Waals surface area contributed by atoms with Gasteiger partial charge in [0.1, 0.15) is 0 Å². The van der Waals surface area contributed by atoms with Crippen LogP contribution in [0.15, 0.2) is 0 Å². The summed E-state index contributed by atoms with van der Waals surface area (Å²) < 4.78 is 0. The SMILES string of the molecule is CC(C)N1C(C)(C)CC(C(C)(C)C)CC1(C)C.CC(C)N1C(C)CC(C(C)(C)C)CC1C.CC(C)N1CCC(C(C)(C)C)CC1.CC(C)N1CCC(C(C)(C)C)CC1C.CC(C)N1CCC(C)(C(C)(C)C)CC1.CC1C(C)N(C(C)C)CCC1C(C)(C)C.CC1CN(C(C)C)CCC1C(C)(C)C. The van der Waals surface area contributed by atoms with E-state index < -0.39 is 0 Å². The molecule has 9 atom stereocenters. The molecule has 0 bridgehead atoms. The monoisotopic (exact) mass is 1440 g/mol. The van der Waals surface area contributed by atoms with Crippen LogP contribution in [0.5, 0.6) is 0 Å². The minimum absolute atomic E-state index is 0.313. The average Bonchev–Trinajstić information content (AvgIpc) is 0.754. The van der Waals surface area contributed by atoms with E-state index in [1.807, 2.05) is 0 Å². The summed E-state index contributed by atoms with van der Waals surface area (Å²) in [7, 11) is 0. The number of rotatable bonds is 7. The summed E-state index contributed by atoms with van der Waals surface area (Å²) in [5, 5.41) is 0. The van der Waals surface area contributed by atoms with Gasteiger partial charge in [0.25, 0.3) is 0 Å². The van der Waals surface area contributed by atoms with Gasteiger partial charge in [0.15, 0.2) is 0 Å². The molecule has 0 aliphatic carbocycles. The van der Waals surface area contributed by atoms with Gasteiger partial charge in [-0.3, -0.25) is 19.6 Å². The largest absolute Gasteiger partial charge is 0.301 e. The van der Waals surface area contributed by atoms with Crippen LogP contribution in [0.3, 0.4) is 0 Å². The lowest BCUT2D eigenvalue weighted by molar-refractivity contribution is -0.0927. The van der Waals surface area contributed by atoms with Crippen LogP contribution in [0.2, 0.25) is 0 Å². The average molecular weight is 1440 g/mol. The van der Waals surface area contributed by atoms with Crippen molar-refractivity contribution in [1.82, 2.24) is 34.3 Å². The third-order valence-electron chi connectivity index (χ3n) is 28.5. The zero-order valence-corrected chi connectivity index (χ0v) is 79.2. The Balaban J connectivity index is 0.000000596. The molecule has 0 spiro atoms. The van der Waals surface area contributed by atoms with Gasteiger partial charge in [-0.1, -0.05) is 166 Å². The molecule has 7 aliphatic heterocycles. The summed E-state index contributed by atoms with van der Waals surface area (Å²) in [4.78, 5) is 18.5. The van der Waals surface area contributed by atoms with E-state index in [1.54, 1.807) is 0 Å². The zero-order chi connectivity index (χ0) is 80.2. The van der Waals surface area contributed by atoms with Gasteiger partial charge in [-0.2, -0.15) is 0 Å². The quantitative estimate of drug-likeness (QED) is 0.250. The maximum atomic E-state index is 2.72. The van der Waals surface area contributed by atoms with Crippen molar-refractivity contribution >= 4 is 0 Å². The molecule has 0 aromatic carbocycles. The van der Waals surface area contributed by atoms with Gasteiger partial charge in [0.05, 0.1) is 0 Å². The summed E-state index contributed by atoms with van der Waals surface area (Å²) in [6.45, 7) is 120. The minimum atomic E-state index is 0.313. The van der Waals surface area contributed by atoms with E-state index in [4.69, 9.17) is 0 Å². The van der Waals surface area contributed by atoms with Crippen molar-refractivity contribution in [3.63, 3.8) is 0 Å². The Morgan fingerprint density at radius 3 is 0.971 bits per heavy atom. The molecular weight excluding hydrogens is 1240 g/mol. The van der Waals surface area contributed by atoms with E-state index in [0.29, 0.717) is 78.6 Å². The first-order chi connectivity index (χ1) is 45.7. The molecule has 9 unspecified atom stereocenters. The highest BCUT2D eigenvalue weighted by atomic mass is 15.3. The molecular formula is C95H197N7. The van der Waals surface area contributed by atoms with E-state index in [-0.39, 0.29) is 0 Å². The molecule has 7 heterocycles. The first-order valence-electron chi connectivity index (χ1n) is 44.0. The lowest BCUT2D eigenvalue weighted by Gasteiger charge is -2.59. The second-order valence-corrected chi connectivity index (χ2v) is 46.8. The fraction of sp³-hybridized carbons (Fsp3) is 1.00. The zero-order valence-electron chi connectivity index (χ0n) is 79.2. The minimum Gasteiger partial charge on any atom is -0.301 e. The first kappa shape index (κ1) is 99.7. The van der Waals surface area contributed by atoms with Gasteiger partial charge in [0, 0.05) is 84.1 Å². The molecule has 0 N–H and O–H groups in total. The van der Waals surface area contributed by atoms with Gasteiger partial charge in [-0.25, -0.2) is 0 Å². The molecule has 102 heavy (non-hydrogen) atoms. The third-order valence-corrected chi connectivity index (χ3v) is 28.5. The van der Waals surface area contributed by atoms with Crippen LogP contribution in [0.1, 0.15) is 396 Å². The summed E-state index contributed by atoms with van der Waals surface area (Å²) in [5.41, 5.74) is 4.50. The second kappa shape index (κ2) is 40.3. The highest BCUT2D eigenvalue weighted by Crippen LogP contribution is 2.50. The normalized spacial score (nSPS) is 29.4. The summed E-state index contributed by atoms with van der Waals surface area (Å²) in [6.07, 6.45) is 16.4. The molecule has 7 fully saturated rings. The maximum Gasteiger partial charge on any atom is 0.0164 e. The summed E-state index contributed by atoms with van der Waals surface area (Å²) in [6, 6.07) is 7.91. The van der Waals surface area contributed by atoms with E-state index in [9.17, 15) is 0 Å². The molecule has 0 saturated carbocycles. The lowest BCUT2D eigenvalue weighted by atomic mass is 9.63. The number of nitrogens with zero attached hydrogens (tertiary/aromatic N) is 7. The predicted octanol–water partition coefficient (Wildman–Crippen LogP) is 26.1. The smallest absolute Gasteiger partial charge is 0.0164 e. The number of hydrogen-bond donors (Lipinski definition) is 0. The number of likely N-dealkylation sites (tertiary alicyclic amines) is 7. The van der Waals surface area contributed by atoms with Crippen LogP contribution in [-0.4, -0.2) is 164 Å². The van der Waals surface area contributed by atoms with E-state index in [2.05, 4.69) is 353 Å². The summed E-state index contributed by atoms with van der Waals surface area (Å²) in [5.74, 6) is 7.00. The highest BCUT2D eigenvalue weighted by molar-refractivity contribution is 5.04. The molecule has 0 radical (unpaired) electrons. The molecule has 0 aromatic heterocycles. The van der Waals surface area contributed by atoms with E-state index in [1.165, 1.54) is 129 Å². The Kier molecular flexibility index (Phi) is 39.4. The molecule has 0 aromatic rings. The van der Waals surface area contributed by atoms with Gasteiger partial charge < -0.3 is 14.7 Å². The Morgan fingerprint density at radius 1 is 0.314 bits per heavy atom. The standard InChI is InChI=1S/C16H33N.2C14H29N.3C13H27N.C12H25N/c1-12(2)17-15(6,7)10-13(14(3,4)5)11-16(17,8)9;1-10(2)15-11(3)8-13(9-12(15)4)14(5,6)7;1-10(2)15-9-8-13(14(5,6)7)11(3)12(15)4;1-11(2)14-9-7-13(6,8-10-14)12(3,4)5;1-10(2)14-8-7-12(11(3)9-14)13(4,5)6;1-10(2)14-8-7-12(9-11(14)3)13(4,5)6;1-10(2)13-8-6-11(7-9-13)12(3,4)5/h12-13H,10-11H2,1-9H3;2*10-13H,8-9H2,1-7H3;11H,7-10H2,1-6H3;2*10-12H,7-9H2,1-6H3;10-11H,6-9H2,1-5H3. The van der Waals surface area contributed by atoms with Gasteiger partial charge in [-0.15, -0.1) is 0 Å². The number of piperidine rings is 7. The molecule has 7 aliphatic rings. The molecule has 7 saturated heterocycles. The number of hydrogen-bond acceptors (Lipinski definition) is 7. The van der Waals surface area contributed by atoms with Crippen molar-refractivity contribution in [3.05, 3.63) is 0 Å². The van der Waals surface area contributed by atoms with Gasteiger partial charge in [0.2, 0.25) is 0 Å². The second-order valence-electron chi connectivity index (χ2n) is 46.8. The van der Waals surface area contributed by atoms with Crippen LogP contribution in [-0.2, 0) is 0 Å². The molecule has 0 amide bonds. The van der Waals surface area contributed by atoms with Crippen LogP contribution in [0.25, 0.3) is 0 Å². The van der Waals surface area contributed by atoms with Crippen molar-refractivity contribution in [1.29, 1.82) is 0 Å².